The first-order valence-electron chi connectivity index (χ1n) is 25.7. The summed E-state index contributed by atoms with van der Waals surface area (Å²) < 4.78 is 6.13. The van der Waals surface area contributed by atoms with Gasteiger partial charge in [0.15, 0.2) is 0 Å². The SMILES string of the molecule is CCCCCCCCCCCCCCCCCCCCCC=CCC(=O)OC1CCC2(C)C(=CCC3C2CCC2(C)C(C(C)CCC(CC)C(C)C)CCC32)C1. The van der Waals surface area contributed by atoms with E-state index in [-0.39, 0.29) is 12.1 Å². The van der Waals surface area contributed by atoms with E-state index in [4.69, 9.17) is 4.74 Å². The normalized spacial score (nSPS) is 29.9. The van der Waals surface area contributed by atoms with Gasteiger partial charge in [0.25, 0.3) is 0 Å². The molecular formula is C54H96O2. The van der Waals surface area contributed by atoms with E-state index >= 15 is 0 Å². The van der Waals surface area contributed by atoms with Crippen LogP contribution in [0.4, 0.5) is 0 Å². The lowest BCUT2D eigenvalue weighted by Gasteiger charge is -2.58. The summed E-state index contributed by atoms with van der Waals surface area (Å²) in [5.74, 6) is 6.04. The summed E-state index contributed by atoms with van der Waals surface area (Å²) in [6.07, 6.45) is 50.0. The molecule has 0 radical (unpaired) electrons. The molecular weight excluding hydrogens is 681 g/mol. The highest BCUT2D eigenvalue weighted by molar-refractivity contribution is 5.71. The fourth-order valence-corrected chi connectivity index (χ4v) is 13.3. The van der Waals surface area contributed by atoms with Gasteiger partial charge in [-0.3, -0.25) is 4.79 Å². The quantitative estimate of drug-likeness (QED) is 0.0430. The number of allylic oxidation sites excluding steroid dienone is 2. The zero-order chi connectivity index (χ0) is 40.2. The Balaban J connectivity index is 1.03. The second kappa shape index (κ2) is 25.5. The minimum atomic E-state index is -0.0180. The number of carbonyl (C=O) groups is 1. The number of fused-ring (bicyclic) bond motifs is 5. The largest absolute Gasteiger partial charge is 0.462 e. The standard InChI is InChI=1S/C54H96O2/c1-8-10-11-12-13-14-15-16-17-18-19-20-21-22-23-24-25-26-27-28-29-30-31-52(55)56-47-38-40-53(6)46(42-47)34-35-48-50-37-36-49(54(50,7)41-39-51(48)53)44(5)32-33-45(9-2)43(3)4/h29-30,34,43-45,47-51H,8-28,31-33,35-42H2,1-7H3. The van der Waals surface area contributed by atoms with E-state index in [1.54, 1.807) is 5.57 Å². The first-order valence-corrected chi connectivity index (χ1v) is 25.7. The van der Waals surface area contributed by atoms with Crippen molar-refractivity contribution in [2.75, 3.05) is 0 Å². The van der Waals surface area contributed by atoms with Crippen LogP contribution in [-0.4, -0.2) is 12.1 Å². The number of hydrogen-bond donors (Lipinski definition) is 0. The Morgan fingerprint density at radius 1 is 0.714 bits per heavy atom. The molecule has 0 N–H and O–H groups in total. The van der Waals surface area contributed by atoms with E-state index in [1.807, 2.05) is 0 Å². The Hall–Kier alpha value is -1.05. The first kappa shape index (κ1) is 47.6. The summed E-state index contributed by atoms with van der Waals surface area (Å²) in [5.41, 5.74) is 2.48. The van der Waals surface area contributed by atoms with Crippen molar-refractivity contribution < 1.29 is 9.53 Å². The van der Waals surface area contributed by atoms with Gasteiger partial charge < -0.3 is 4.74 Å². The van der Waals surface area contributed by atoms with E-state index in [1.165, 1.54) is 180 Å². The van der Waals surface area contributed by atoms with E-state index in [0.717, 1.165) is 60.7 Å². The summed E-state index contributed by atoms with van der Waals surface area (Å²) in [5, 5.41) is 0. The topological polar surface area (TPSA) is 26.3 Å². The zero-order valence-electron chi connectivity index (χ0n) is 38.8. The van der Waals surface area contributed by atoms with Crippen LogP contribution in [0.25, 0.3) is 0 Å². The molecule has 4 aliphatic carbocycles. The Morgan fingerprint density at radius 2 is 1.30 bits per heavy atom. The van der Waals surface area contributed by atoms with Crippen LogP contribution in [0.3, 0.4) is 0 Å². The molecule has 0 bridgehead atoms. The molecule has 4 aliphatic rings. The van der Waals surface area contributed by atoms with Crippen LogP contribution in [0.5, 0.6) is 0 Å². The Labute approximate surface area is 350 Å². The van der Waals surface area contributed by atoms with Gasteiger partial charge in [-0.1, -0.05) is 201 Å². The molecule has 9 atom stereocenters. The molecule has 0 amide bonds. The summed E-state index contributed by atoms with van der Waals surface area (Å²) in [6.45, 7) is 17.5. The molecule has 2 nitrogen and oxygen atoms in total. The molecule has 0 aromatic rings. The maximum Gasteiger partial charge on any atom is 0.309 e. The van der Waals surface area contributed by atoms with Crippen molar-refractivity contribution in [1.82, 2.24) is 0 Å². The molecule has 324 valence electrons. The van der Waals surface area contributed by atoms with Crippen LogP contribution in [0.2, 0.25) is 0 Å². The minimum absolute atomic E-state index is 0.0180. The van der Waals surface area contributed by atoms with Crippen molar-refractivity contribution in [2.45, 2.75) is 260 Å². The van der Waals surface area contributed by atoms with Crippen molar-refractivity contribution in [3.8, 4) is 0 Å². The maximum absolute atomic E-state index is 12.9. The molecule has 0 saturated heterocycles. The number of esters is 1. The molecule has 0 spiro atoms. The fourth-order valence-electron chi connectivity index (χ4n) is 13.3. The van der Waals surface area contributed by atoms with Crippen LogP contribution >= 0.6 is 0 Å². The third-order valence-electron chi connectivity index (χ3n) is 17.0. The molecule has 0 aliphatic heterocycles. The lowest BCUT2D eigenvalue weighted by Crippen LogP contribution is -2.51. The highest BCUT2D eigenvalue weighted by atomic mass is 16.5. The van der Waals surface area contributed by atoms with Gasteiger partial charge in [0, 0.05) is 6.42 Å². The second-order valence-corrected chi connectivity index (χ2v) is 21.1. The Morgan fingerprint density at radius 3 is 1.88 bits per heavy atom. The molecule has 0 heterocycles. The molecule has 0 aromatic heterocycles. The number of rotatable bonds is 29. The highest BCUT2D eigenvalue weighted by Gasteiger charge is 2.59. The molecule has 3 fully saturated rings. The van der Waals surface area contributed by atoms with Crippen LogP contribution in [0.1, 0.15) is 254 Å². The smallest absolute Gasteiger partial charge is 0.309 e. The second-order valence-electron chi connectivity index (χ2n) is 21.1. The fraction of sp³-hybridized carbons (Fsp3) is 0.907. The van der Waals surface area contributed by atoms with Crippen molar-refractivity contribution in [3.05, 3.63) is 23.8 Å². The van der Waals surface area contributed by atoms with Gasteiger partial charge in [0.2, 0.25) is 0 Å². The number of carbonyl (C=O) groups excluding carboxylic acids is 1. The summed E-state index contributed by atoms with van der Waals surface area (Å²) in [7, 11) is 0. The molecule has 56 heavy (non-hydrogen) atoms. The van der Waals surface area contributed by atoms with Gasteiger partial charge >= 0.3 is 5.97 Å². The number of hydrogen-bond acceptors (Lipinski definition) is 2. The maximum atomic E-state index is 12.9. The van der Waals surface area contributed by atoms with Gasteiger partial charge in [0.05, 0.1) is 6.42 Å². The van der Waals surface area contributed by atoms with Crippen molar-refractivity contribution in [1.29, 1.82) is 0 Å². The Kier molecular flexibility index (Phi) is 21.7. The predicted molar refractivity (Wildman–Crippen MR) is 244 cm³/mol. The highest BCUT2D eigenvalue weighted by Crippen LogP contribution is 2.67. The Bertz CT molecular complexity index is 1130. The zero-order valence-corrected chi connectivity index (χ0v) is 38.8. The van der Waals surface area contributed by atoms with Gasteiger partial charge in [0.1, 0.15) is 6.10 Å². The van der Waals surface area contributed by atoms with Crippen molar-refractivity contribution in [3.63, 3.8) is 0 Å². The molecule has 4 rings (SSSR count). The lowest BCUT2D eigenvalue weighted by molar-refractivity contribution is -0.150. The van der Waals surface area contributed by atoms with E-state index in [2.05, 4.69) is 66.7 Å². The number of ether oxygens (including phenoxy) is 1. The molecule has 3 saturated carbocycles. The van der Waals surface area contributed by atoms with Gasteiger partial charge in [-0.25, -0.2) is 0 Å². The van der Waals surface area contributed by atoms with Gasteiger partial charge in [-0.2, -0.15) is 0 Å². The third kappa shape index (κ3) is 14.3. The van der Waals surface area contributed by atoms with Crippen molar-refractivity contribution in [2.24, 2.45) is 52.3 Å². The average Bonchev–Trinajstić information content (AvgIpc) is 3.54. The minimum Gasteiger partial charge on any atom is -0.462 e. The summed E-state index contributed by atoms with van der Waals surface area (Å²) in [4.78, 5) is 12.9. The van der Waals surface area contributed by atoms with E-state index in [0.29, 0.717) is 17.3 Å². The molecule has 9 unspecified atom stereocenters. The number of unbranched alkanes of at least 4 members (excludes halogenated alkanes) is 19. The van der Waals surface area contributed by atoms with Crippen LogP contribution in [0, 0.1) is 52.3 Å². The van der Waals surface area contributed by atoms with E-state index in [9.17, 15) is 4.79 Å². The lowest BCUT2D eigenvalue weighted by atomic mass is 9.47. The van der Waals surface area contributed by atoms with Crippen LogP contribution < -0.4 is 0 Å². The first-order chi connectivity index (χ1) is 27.1. The monoisotopic (exact) mass is 777 g/mol. The van der Waals surface area contributed by atoms with Crippen LogP contribution in [-0.2, 0) is 9.53 Å². The predicted octanol–water partition coefficient (Wildman–Crippen LogP) is 17.3. The average molecular weight is 777 g/mol. The van der Waals surface area contributed by atoms with Crippen LogP contribution in [0.15, 0.2) is 23.8 Å². The summed E-state index contributed by atoms with van der Waals surface area (Å²) in [6, 6.07) is 0. The molecule has 0 aromatic carbocycles. The third-order valence-corrected chi connectivity index (χ3v) is 17.0. The van der Waals surface area contributed by atoms with Crippen molar-refractivity contribution >= 4 is 5.97 Å². The summed E-state index contributed by atoms with van der Waals surface area (Å²) >= 11 is 0. The van der Waals surface area contributed by atoms with Gasteiger partial charge in [-0.15, -0.1) is 0 Å². The molecule has 2 heteroatoms. The van der Waals surface area contributed by atoms with E-state index < -0.39 is 0 Å². The van der Waals surface area contributed by atoms with Gasteiger partial charge in [-0.05, 0) is 116 Å².